The molecular formula is C21H31N3O2. The van der Waals surface area contributed by atoms with Crippen molar-refractivity contribution >= 4 is 17.5 Å². The molecule has 142 valence electrons. The average molecular weight is 357 g/mol. The van der Waals surface area contributed by atoms with Crippen molar-refractivity contribution in [3.05, 3.63) is 29.3 Å². The molecule has 0 radical (unpaired) electrons. The summed E-state index contributed by atoms with van der Waals surface area (Å²) in [5.74, 6) is 0.0988. The number of amides is 2. The first-order valence-corrected chi connectivity index (χ1v) is 9.78. The predicted molar refractivity (Wildman–Crippen MR) is 104 cm³/mol. The van der Waals surface area contributed by atoms with Gasteiger partial charge in [0, 0.05) is 43.9 Å². The highest BCUT2D eigenvalue weighted by Crippen LogP contribution is 2.48. The number of nitrogens with zero attached hydrogens (tertiary/aromatic N) is 1. The fraction of sp³-hybridized carbons (Fsp3) is 0.619. The molecule has 1 atom stereocenters. The van der Waals surface area contributed by atoms with Crippen molar-refractivity contribution < 1.29 is 9.59 Å². The topological polar surface area (TPSA) is 61.4 Å². The fourth-order valence-corrected chi connectivity index (χ4v) is 3.53. The summed E-state index contributed by atoms with van der Waals surface area (Å²) in [7, 11) is 1.82. The third-order valence-electron chi connectivity index (χ3n) is 5.59. The Morgan fingerprint density at radius 1 is 1.31 bits per heavy atom. The fourth-order valence-electron chi connectivity index (χ4n) is 3.53. The molecule has 3 rings (SSSR count). The molecule has 1 fully saturated rings. The first-order valence-electron chi connectivity index (χ1n) is 9.78. The van der Waals surface area contributed by atoms with Crippen LogP contribution in [0.4, 0.5) is 5.69 Å². The SMILES string of the molecule is CC(CN(C)C(=O)CC1(C)CC1)NC(=O)c1ccc2c(c1)CCCCN2. The van der Waals surface area contributed by atoms with Gasteiger partial charge >= 0.3 is 0 Å². The van der Waals surface area contributed by atoms with Crippen LogP contribution < -0.4 is 10.6 Å². The van der Waals surface area contributed by atoms with Crippen LogP contribution in [0.1, 0.15) is 61.9 Å². The van der Waals surface area contributed by atoms with E-state index in [0.717, 1.165) is 44.3 Å². The third-order valence-corrected chi connectivity index (χ3v) is 5.59. The van der Waals surface area contributed by atoms with Crippen LogP contribution in [0.25, 0.3) is 0 Å². The molecule has 2 amide bonds. The second kappa shape index (κ2) is 7.68. The number of likely N-dealkylation sites (N-methyl/N-ethyl adjacent to an activating group) is 1. The molecule has 2 aliphatic rings. The van der Waals surface area contributed by atoms with E-state index in [0.29, 0.717) is 18.5 Å². The van der Waals surface area contributed by atoms with Crippen molar-refractivity contribution in [2.45, 2.75) is 58.4 Å². The molecule has 5 heteroatoms. The molecule has 1 aromatic rings. The number of hydrogen-bond donors (Lipinski definition) is 2. The number of rotatable bonds is 6. The molecule has 2 N–H and O–H groups in total. The van der Waals surface area contributed by atoms with Gasteiger partial charge in [-0.2, -0.15) is 0 Å². The third kappa shape index (κ3) is 4.77. The van der Waals surface area contributed by atoms with Crippen LogP contribution in [0.15, 0.2) is 18.2 Å². The molecule has 0 spiro atoms. The standard InChI is InChI=1S/C21H31N3O2/c1-15(14-24(3)19(25)13-21(2)9-10-21)23-20(26)17-7-8-18-16(12-17)6-4-5-11-22-18/h7-8,12,15,22H,4-6,9-11,13-14H2,1-3H3,(H,23,26). The number of fused-ring (bicyclic) bond motifs is 1. The predicted octanol–water partition coefficient (Wildman–Crippen LogP) is 3.20. The van der Waals surface area contributed by atoms with E-state index in [1.54, 1.807) is 4.90 Å². The van der Waals surface area contributed by atoms with Gasteiger partial charge in [0.05, 0.1) is 0 Å². The van der Waals surface area contributed by atoms with Gasteiger partial charge in [0.2, 0.25) is 5.91 Å². The van der Waals surface area contributed by atoms with E-state index in [4.69, 9.17) is 0 Å². The smallest absolute Gasteiger partial charge is 0.251 e. The number of anilines is 1. The van der Waals surface area contributed by atoms with Crippen molar-refractivity contribution in [1.29, 1.82) is 0 Å². The molecule has 1 heterocycles. The van der Waals surface area contributed by atoms with E-state index in [9.17, 15) is 9.59 Å². The van der Waals surface area contributed by atoms with Crippen LogP contribution in [-0.4, -0.2) is 42.9 Å². The summed E-state index contributed by atoms with van der Waals surface area (Å²) in [6.07, 6.45) is 6.22. The zero-order valence-electron chi connectivity index (χ0n) is 16.2. The number of carbonyl (C=O) groups is 2. The minimum Gasteiger partial charge on any atom is -0.385 e. The minimum absolute atomic E-state index is 0.0699. The average Bonchev–Trinajstić information content (AvgIpc) is 3.35. The summed E-state index contributed by atoms with van der Waals surface area (Å²) in [6, 6.07) is 5.80. The van der Waals surface area contributed by atoms with Gasteiger partial charge in [-0.15, -0.1) is 0 Å². The maximum Gasteiger partial charge on any atom is 0.251 e. The van der Waals surface area contributed by atoms with Gasteiger partial charge in [-0.25, -0.2) is 0 Å². The lowest BCUT2D eigenvalue weighted by Gasteiger charge is -2.24. The maximum atomic E-state index is 12.6. The minimum atomic E-state index is -0.0830. The summed E-state index contributed by atoms with van der Waals surface area (Å²) in [6.45, 7) is 5.64. The van der Waals surface area contributed by atoms with Crippen LogP contribution in [-0.2, 0) is 11.2 Å². The summed E-state index contributed by atoms with van der Waals surface area (Å²) in [4.78, 5) is 26.6. The van der Waals surface area contributed by atoms with Crippen LogP contribution in [0.5, 0.6) is 0 Å². The normalized spacial score (nSPS) is 18.7. The molecule has 1 aliphatic carbocycles. The largest absolute Gasteiger partial charge is 0.385 e. The van der Waals surface area contributed by atoms with Gasteiger partial charge in [-0.1, -0.05) is 6.92 Å². The zero-order chi connectivity index (χ0) is 18.7. The lowest BCUT2D eigenvalue weighted by atomic mass is 10.0. The molecule has 5 nitrogen and oxygen atoms in total. The Morgan fingerprint density at radius 3 is 2.81 bits per heavy atom. The Bertz CT molecular complexity index is 682. The Labute approximate surface area is 156 Å². The molecule has 0 saturated heterocycles. The monoisotopic (exact) mass is 357 g/mol. The van der Waals surface area contributed by atoms with Gasteiger partial charge in [0.15, 0.2) is 0 Å². The van der Waals surface area contributed by atoms with Gasteiger partial charge in [0.25, 0.3) is 5.91 Å². The quantitative estimate of drug-likeness (QED) is 0.822. The molecule has 1 saturated carbocycles. The molecule has 1 aliphatic heterocycles. The number of nitrogens with one attached hydrogen (secondary N) is 2. The molecule has 0 bridgehead atoms. The second-order valence-corrected chi connectivity index (χ2v) is 8.39. The van der Waals surface area contributed by atoms with Crippen molar-refractivity contribution in [2.24, 2.45) is 5.41 Å². The molecule has 0 aromatic heterocycles. The first-order chi connectivity index (χ1) is 12.4. The number of aryl methyl sites for hydroxylation is 1. The van der Waals surface area contributed by atoms with Gasteiger partial charge < -0.3 is 15.5 Å². The highest BCUT2D eigenvalue weighted by atomic mass is 16.2. The van der Waals surface area contributed by atoms with Crippen LogP contribution in [0, 0.1) is 5.41 Å². The lowest BCUT2D eigenvalue weighted by molar-refractivity contribution is -0.131. The van der Waals surface area contributed by atoms with Gasteiger partial charge in [0.1, 0.15) is 0 Å². The number of carbonyl (C=O) groups excluding carboxylic acids is 2. The number of benzene rings is 1. The maximum absolute atomic E-state index is 12.6. The highest BCUT2D eigenvalue weighted by molar-refractivity contribution is 5.95. The van der Waals surface area contributed by atoms with Gasteiger partial charge in [-0.3, -0.25) is 9.59 Å². The zero-order valence-corrected chi connectivity index (χ0v) is 16.2. The Kier molecular flexibility index (Phi) is 5.54. The molecule has 26 heavy (non-hydrogen) atoms. The van der Waals surface area contributed by atoms with E-state index >= 15 is 0 Å². The Hall–Kier alpha value is -2.04. The second-order valence-electron chi connectivity index (χ2n) is 8.39. The summed E-state index contributed by atoms with van der Waals surface area (Å²) < 4.78 is 0. The van der Waals surface area contributed by atoms with E-state index in [-0.39, 0.29) is 23.3 Å². The Balaban J connectivity index is 1.53. The van der Waals surface area contributed by atoms with E-state index in [1.807, 2.05) is 32.2 Å². The van der Waals surface area contributed by atoms with Crippen LogP contribution >= 0.6 is 0 Å². The summed E-state index contributed by atoms with van der Waals surface area (Å²) >= 11 is 0. The molecule has 1 unspecified atom stereocenters. The van der Waals surface area contributed by atoms with Crippen molar-refractivity contribution in [3.8, 4) is 0 Å². The van der Waals surface area contributed by atoms with Crippen molar-refractivity contribution in [2.75, 3.05) is 25.5 Å². The molecule has 1 aromatic carbocycles. The summed E-state index contributed by atoms with van der Waals surface area (Å²) in [5, 5.41) is 6.45. The number of hydrogen-bond acceptors (Lipinski definition) is 3. The van der Waals surface area contributed by atoms with Crippen molar-refractivity contribution in [1.82, 2.24) is 10.2 Å². The first kappa shape index (κ1) is 18.7. The van der Waals surface area contributed by atoms with Crippen LogP contribution in [0.3, 0.4) is 0 Å². The summed E-state index contributed by atoms with van der Waals surface area (Å²) in [5.41, 5.74) is 3.27. The lowest BCUT2D eigenvalue weighted by Crippen LogP contribution is -2.43. The van der Waals surface area contributed by atoms with E-state index in [2.05, 4.69) is 17.6 Å². The van der Waals surface area contributed by atoms with E-state index in [1.165, 1.54) is 5.56 Å². The van der Waals surface area contributed by atoms with E-state index < -0.39 is 0 Å². The highest BCUT2D eigenvalue weighted by Gasteiger charge is 2.39. The van der Waals surface area contributed by atoms with Gasteiger partial charge in [-0.05, 0) is 68.2 Å². The van der Waals surface area contributed by atoms with Crippen LogP contribution in [0.2, 0.25) is 0 Å². The van der Waals surface area contributed by atoms with Crippen molar-refractivity contribution in [3.63, 3.8) is 0 Å². The Morgan fingerprint density at radius 2 is 2.08 bits per heavy atom. The molecular weight excluding hydrogens is 326 g/mol.